The van der Waals surface area contributed by atoms with E-state index in [1.54, 1.807) is 13.1 Å². The highest BCUT2D eigenvalue weighted by atomic mass is 79.9. The summed E-state index contributed by atoms with van der Waals surface area (Å²) >= 11 is 3.25. The van der Waals surface area contributed by atoms with Crippen LogP contribution in [0.15, 0.2) is 22.7 Å². The van der Waals surface area contributed by atoms with E-state index < -0.39 is 0 Å². The Labute approximate surface area is 103 Å². The van der Waals surface area contributed by atoms with Gasteiger partial charge < -0.3 is 10.4 Å². The highest BCUT2D eigenvalue weighted by molar-refractivity contribution is 9.10. The lowest BCUT2D eigenvalue weighted by Crippen LogP contribution is -2.32. The minimum atomic E-state index is -0.0445. The van der Waals surface area contributed by atoms with Crippen LogP contribution >= 0.6 is 15.9 Å². The van der Waals surface area contributed by atoms with E-state index in [-0.39, 0.29) is 11.7 Å². The molecule has 5 heteroatoms. The summed E-state index contributed by atoms with van der Waals surface area (Å²) in [5, 5.41) is 12.3. The third-order valence-corrected chi connectivity index (χ3v) is 2.84. The molecule has 0 spiro atoms. The molecule has 0 aliphatic rings. The number of phenols is 1. The van der Waals surface area contributed by atoms with Gasteiger partial charge in [0.25, 0.3) is 0 Å². The fourth-order valence-corrected chi connectivity index (χ4v) is 1.77. The Morgan fingerprint density at radius 1 is 1.56 bits per heavy atom. The van der Waals surface area contributed by atoms with Gasteiger partial charge in [-0.05, 0) is 29.0 Å². The molecule has 1 amide bonds. The number of phenolic OH excluding ortho intramolecular Hbond substituents is 1. The maximum atomic E-state index is 11.1. The maximum Gasteiger partial charge on any atom is 0.233 e. The lowest BCUT2D eigenvalue weighted by Gasteiger charge is -2.16. The summed E-state index contributed by atoms with van der Waals surface area (Å²) in [5.41, 5.74) is 0.792. The van der Waals surface area contributed by atoms with Crippen molar-refractivity contribution < 1.29 is 9.90 Å². The number of nitrogens with one attached hydrogen (secondary N) is 1. The first-order valence-corrected chi connectivity index (χ1v) is 5.69. The van der Waals surface area contributed by atoms with Crippen molar-refractivity contribution in [2.75, 3.05) is 20.6 Å². The number of amides is 1. The molecule has 0 aliphatic heterocycles. The molecule has 1 rings (SSSR count). The second-order valence-corrected chi connectivity index (χ2v) is 4.45. The van der Waals surface area contributed by atoms with Crippen molar-refractivity contribution in [2.45, 2.75) is 6.54 Å². The van der Waals surface area contributed by atoms with Crippen molar-refractivity contribution in [3.05, 3.63) is 28.2 Å². The number of rotatable bonds is 4. The van der Waals surface area contributed by atoms with Gasteiger partial charge in [-0.2, -0.15) is 0 Å². The number of carbonyl (C=O) groups excluding carboxylic acids is 1. The molecule has 0 fully saturated rings. The van der Waals surface area contributed by atoms with Gasteiger partial charge in [-0.15, -0.1) is 0 Å². The monoisotopic (exact) mass is 286 g/mol. The van der Waals surface area contributed by atoms with E-state index in [0.717, 1.165) is 5.56 Å². The van der Waals surface area contributed by atoms with Crippen molar-refractivity contribution in [3.63, 3.8) is 0 Å². The Bertz CT molecular complexity index is 382. The molecular weight excluding hydrogens is 272 g/mol. The lowest BCUT2D eigenvalue weighted by atomic mass is 10.2. The van der Waals surface area contributed by atoms with Crippen molar-refractivity contribution >= 4 is 21.8 Å². The van der Waals surface area contributed by atoms with Crippen LogP contribution in [-0.4, -0.2) is 36.6 Å². The standard InChI is InChI=1S/C11H15BrN2O2/c1-13-10(15)7-14(2)6-8-4-3-5-9(12)11(8)16/h3-5,16H,6-7H2,1-2H3,(H,13,15). The van der Waals surface area contributed by atoms with Gasteiger partial charge in [-0.3, -0.25) is 9.69 Å². The molecule has 0 atom stereocenters. The zero-order chi connectivity index (χ0) is 12.1. The maximum absolute atomic E-state index is 11.1. The highest BCUT2D eigenvalue weighted by Crippen LogP contribution is 2.27. The van der Waals surface area contributed by atoms with Gasteiger partial charge in [0.2, 0.25) is 5.91 Å². The van der Waals surface area contributed by atoms with Crippen molar-refractivity contribution in [2.24, 2.45) is 0 Å². The number of halogens is 1. The first kappa shape index (κ1) is 13.0. The number of para-hydroxylation sites is 1. The summed E-state index contributed by atoms with van der Waals surface area (Å²) < 4.78 is 0.665. The molecule has 1 aromatic carbocycles. The van der Waals surface area contributed by atoms with Crippen molar-refractivity contribution in [1.29, 1.82) is 0 Å². The number of carbonyl (C=O) groups is 1. The molecule has 1 aromatic rings. The molecule has 0 saturated carbocycles. The largest absolute Gasteiger partial charge is 0.506 e. The second-order valence-electron chi connectivity index (χ2n) is 3.59. The lowest BCUT2D eigenvalue weighted by molar-refractivity contribution is -0.121. The van der Waals surface area contributed by atoms with E-state index in [9.17, 15) is 9.90 Å². The van der Waals surface area contributed by atoms with Crippen LogP contribution < -0.4 is 5.32 Å². The first-order chi connectivity index (χ1) is 7.54. The van der Waals surface area contributed by atoms with Gasteiger partial charge in [0.15, 0.2) is 0 Å². The van der Waals surface area contributed by atoms with Crippen LogP contribution in [0.2, 0.25) is 0 Å². The van der Waals surface area contributed by atoms with E-state index in [2.05, 4.69) is 21.2 Å². The first-order valence-electron chi connectivity index (χ1n) is 4.90. The summed E-state index contributed by atoms with van der Waals surface area (Å²) in [6, 6.07) is 5.46. The van der Waals surface area contributed by atoms with Gasteiger partial charge in [-0.25, -0.2) is 0 Å². The average Bonchev–Trinajstić information content (AvgIpc) is 2.24. The van der Waals surface area contributed by atoms with Crippen LogP contribution in [0.4, 0.5) is 0 Å². The number of aromatic hydroxyl groups is 1. The quantitative estimate of drug-likeness (QED) is 0.878. The van der Waals surface area contributed by atoms with Crippen LogP contribution in [0.5, 0.6) is 5.75 Å². The van der Waals surface area contributed by atoms with E-state index in [1.165, 1.54) is 0 Å². The Kier molecular flexibility index (Phi) is 4.76. The number of likely N-dealkylation sites (N-methyl/N-ethyl adjacent to an activating group) is 2. The van der Waals surface area contributed by atoms with Crippen LogP contribution in [-0.2, 0) is 11.3 Å². The molecular formula is C11H15BrN2O2. The normalized spacial score (nSPS) is 10.5. The van der Waals surface area contributed by atoms with Crippen LogP contribution in [0.3, 0.4) is 0 Å². The summed E-state index contributed by atoms with van der Waals surface area (Å²) in [7, 11) is 3.43. The van der Waals surface area contributed by atoms with E-state index in [1.807, 2.05) is 24.1 Å². The van der Waals surface area contributed by atoms with E-state index in [4.69, 9.17) is 0 Å². The molecule has 0 unspecified atom stereocenters. The Balaban J connectivity index is 2.66. The smallest absolute Gasteiger partial charge is 0.233 e. The number of hydrogen-bond acceptors (Lipinski definition) is 3. The summed E-state index contributed by atoms with van der Waals surface area (Å²) in [6.45, 7) is 0.834. The average molecular weight is 287 g/mol. The third kappa shape index (κ3) is 3.50. The second kappa shape index (κ2) is 5.86. The predicted octanol–water partition coefficient (Wildman–Crippen LogP) is 1.33. The molecule has 88 valence electrons. The molecule has 16 heavy (non-hydrogen) atoms. The van der Waals surface area contributed by atoms with Crippen molar-refractivity contribution in [3.8, 4) is 5.75 Å². The minimum Gasteiger partial charge on any atom is -0.506 e. The summed E-state index contributed by atoms with van der Waals surface area (Å²) in [4.78, 5) is 13.0. The van der Waals surface area contributed by atoms with Crippen molar-refractivity contribution in [1.82, 2.24) is 10.2 Å². The van der Waals surface area contributed by atoms with Gasteiger partial charge >= 0.3 is 0 Å². The number of hydrogen-bond donors (Lipinski definition) is 2. The third-order valence-electron chi connectivity index (χ3n) is 2.20. The molecule has 0 bridgehead atoms. The molecule has 0 heterocycles. The van der Waals surface area contributed by atoms with Crippen LogP contribution in [0.1, 0.15) is 5.56 Å². The number of benzene rings is 1. The van der Waals surface area contributed by atoms with E-state index >= 15 is 0 Å². The minimum absolute atomic E-state index is 0.0445. The Morgan fingerprint density at radius 3 is 2.88 bits per heavy atom. The van der Waals surface area contributed by atoms with Gasteiger partial charge in [0.05, 0.1) is 11.0 Å². The van der Waals surface area contributed by atoms with Gasteiger partial charge in [-0.1, -0.05) is 12.1 Å². The molecule has 2 N–H and O–H groups in total. The Hall–Kier alpha value is -1.07. The van der Waals surface area contributed by atoms with E-state index in [0.29, 0.717) is 17.6 Å². The fourth-order valence-electron chi connectivity index (χ4n) is 1.36. The zero-order valence-corrected chi connectivity index (χ0v) is 10.9. The van der Waals surface area contributed by atoms with Gasteiger partial charge in [0, 0.05) is 19.2 Å². The predicted molar refractivity (Wildman–Crippen MR) is 66.2 cm³/mol. The SMILES string of the molecule is CNC(=O)CN(C)Cc1cccc(Br)c1O. The zero-order valence-electron chi connectivity index (χ0n) is 9.33. The Morgan fingerprint density at radius 2 is 2.25 bits per heavy atom. The molecule has 0 aliphatic carbocycles. The highest BCUT2D eigenvalue weighted by Gasteiger charge is 2.09. The van der Waals surface area contributed by atoms with Crippen LogP contribution in [0.25, 0.3) is 0 Å². The summed E-state index contributed by atoms with van der Waals surface area (Å²) in [6.07, 6.45) is 0. The fraction of sp³-hybridized carbons (Fsp3) is 0.364. The molecule has 0 radical (unpaired) electrons. The molecule has 0 saturated heterocycles. The van der Waals surface area contributed by atoms with Gasteiger partial charge in [0.1, 0.15) is 5.75 Å². The van der Waals surface area contributed by atoms with Crippen LogP contribution in [0, 0.1) is 0 Å². The summed E-state index contributed by atoms with van der Waals surface area (Å²) in [5.74, 6) is 0.184. The number of nitrogens with zero attached hydrogens (tertiary/aromatic N) is 1. The topological polar surface area (TPSA) is 52.6 Å². The molecule has 4 nitrogen and oxygen atoms in total. The molecule has 0 aromatic heterocycles.